The Hall–Kier alpha value is -2.44. The summed E-state index contributed by atoms with van der Waals surface area (Å²) < 4.78 is 1.89. The van der Waals surface area contributed by atoms with E-state index in [0.717, 1.165) is 55.5 Å². The van der Waals surface area contributed by atoms with Crippen LogP contribution in [0, 0.1) is 6.92 Å². The van der Waals surface area contributed by atoms with Crippen LogP contribution in [0.25, 0.3) is 11.3 Å². The summed E-state index contributed by atoms with van der Waals surface area (Å²) >= 11 is 6.17. The third kappa shape index (κ3) is 3.96. The van der Waals surface area contributed by atoms with E-state index in [1.807, 2.05) is 36.0 Å². The van der Waals surface area contributed by atoms with Gasteiger partial charge in [-0.05, 0) is 19.1 Å². The van der Waals surface area contributed by atoms with E-state index in [-0.39, 0.29) is 0 Å². The first-order valence-corrected chi connectivity index (χ1v) is 9.51. The van der Waals surface area contributed by atoms with Gasteiger partial charge in [-0.3, -0.25) is 14.6 Å². The SMILES string of the molecule is Cc1nn(C)cc1CN1CCN(c2nccnc2-c2cccc(Cl)c2)CC1. The van der Waals surface area contributed by atoms with Crippen molar-refractivity contribution in [3.63, 3.8) is 0 Å². The summed E-state index contributed by atoms with van der Waals surface area (Å²) in [6.07, 6.45) is 5.61. The molecule has 140 valence electrons. The van der Waals surface area contributed by atoms with Crippen LogP contribution in [-0.4, -0.2) is 50.8 Å². The summed E-state index contributed by atoms with van der Waals surface area (Å²) in [4.78, 5) is 14.0. The maximum atomic E-state index is 6.17. The van der Waals surface area contributed by atoms with E-state index >= 15 is 0 Å². The molecule has 1 aliphatic heterocycles. The third-order valence-electron chi connectivity index (χ3n) is 4.96. The molecule has 0 spiro atoms. The molecular weight excluding hydrogens is 360 g/mol. The van der Waals surface area contributed by atoms with Crippen molar-refractivity contribution in [2.75, 3.05) is 31.1 Å². The predicted molar refractivity (Wildman–Crippen MR) is 108 cm³/mol. The Labute approximate surface area is 164 Å². The standard InChI is InChI=1S/C20H23ClN6/c1-15-17(13-25(2)24-15)14-26-8-10-27(11-9-26)20-19(22-6-7-23-20)16-4-3-5-18(21)12-16/h3-7,12-13H,8-11,14H2,1-2H3. The summed E-state index contributed by atoms with van der Waals surface area (Å²) in [6.45, 7) is 6.83. The fourth-order valence-electron chi connectivity index (χ4n) is 3.56. The molecule has 0 N–H and O–H groups in total. The molecule has 1 aromatic carbocycles. The van der Waals surface area contributed by atoms with E-state index < -0.39 is 0 Å². The number of aromatic nitrogens is 4. The molecular formula is C20H23ClN6. The highest BCUT2D eigenvalue weighted by molar-refractivity contribution is 6.30. The Morgan fingerprint density at radius 3 is 2.56 bits per heavy atom. The average molecular weight is 383 g/mol. The summed E-state index contributed by atoms with van der Waals surface area (Å²) in [6, 6.07) is 7.79. The van der Waals surface area contributed by atoms with Crippen LogP contribution in [0.15, 0.2) is 42.9 Å². The number of hydrogen-bond donors (Lipinski definition) is 0. The van der Waals surface area contributed by atoms with Crippen LogP contribution in [0.3, 0.4) is 0 Å². The highest BCUT2D eigenvalue weighted by Crippen LogP contribution is 2.29. The number of nitrogens with zero attached hydrogens (tertiary/aromatic N) is 6. The molecule has 6 nitrogen and oxygen atoms in total. The van der Waals surface area contributed by atoms with Crippen LogP contribution in [0.1, 0.15) is 11.3 Å². The molecule has 1 saturated heterocycles. The van der Waals surface area contributed by atoms with Crippen molar-refractivity contribution in [3.8, 4) is 11.3 Å². The Morgan fingerprint density at radius 2 is 1.85 bits per heavy atom. The van der Waals surface area contributed by atoms with E-state index in [0.29, 0.717) is 5.02 Å². The lowest BCUT2D eigenvalue weighted by Crippen LogP contribution is -2.46. The fourth-order valence-corrected chi connectivity index (χ4v) is 3.75. The zero-order valence-corrected chi connectivity index (χ0v) is 16.4. The number of aryl methyl sites for hydroxylation is 2. The summed E-state index contributed by atoms with van der Waals surface area (Å²) in [5.74, 6) is 0.928. The average Bonchev–Trinajstić information content (AvgIpc) is 2.99. The summed E-state index contributed by atoms with van der Waals surface area (Å²) in [5, 5.41) is 5.15. The highest BCUT2D eigenvalue weighted by Gasteiger charge is 2.22. The van der Waals surface area contributed by atoms with Crippen molar-refractivity contribution in [1.29, 1.82) is 0 Å². The van der Waals surface area contributed by atoms with E-state index in [9.17, 15) is 0 Å². The van der Waals surface area contributed by atoms with Gasteiger partial charge in [-0.2, -0.15) is 5.10 Å². The Morgan fingerprint density at radius 1 is 1.07 bits per heavy atom. The van der Waals surface area contributed by atoms with Crippen molar-refractivity contribution in [1.82, 2.24) is 24.6 Å². The normalized spacial score (nSPS) is 15.3. The third-order valence-corrected chi connectivity index (χ3v) is 5.19. The number of benzene rings is 1. The lowest BCUT2D eigenvalue weighted by Gasteiger charge is -2.35. The van der Waals surface area contributed by atoms with Gasteiger partial charge >= 0.3 is 0 Å². The van der Waals surface area contributed by atoms with Crippen molar-refractivity contribution < 1.29 is 0 Å². The van der Waals surface area contributed by atoms with E-state index in [1.54, 1.807) is 12.4 Å². The Balaban J connectivity index is 1.48. The number of hydrogen-bond acceptors (Lipinski definition) is 5. The molecule has 0 unspecified atom stereocenters. The number of piperazine rings is 1. The lowest BCUT2D eigenvalue weighted by atomic mass is 10.1. The smallest absolute Gasteiger partial charge is 0.155 e. The van der Waals surface area contributed by atoms with Gasteiger partial charge in [-0.1, -0.05) is 23.7 Å². The minimum Gasteiger partial charge on any atom is -0.352 e. The van der Waals surface area contributed by atoms with Gasteiger partial charge in [0.1, 0.15) is 5.69 Å². The number of halogens is 1. The van der Waals surface area contributed by atoms with E-state index in [2.05, 4.69) is 38.0 Å². The molecule has 7 heteroatoms. The molecule has 0 atom stereocenters. The maximum absolute atomic E-state index is 6.17. The quantitative estimate of drug-likeness (QED) is 0.693. The van der Waals surface area contributed by atoms with Crippen LogP contribution in [-0.2, 0) is 13.6 Å². The van der Waals surface area contributed by atoms with Gasteiger partial charge in [0, 0.05) is 74.5 Å². The molecule has 3 heterocycles. The molecule has 0 bridgehead atoms. The molecule has 0 saturated carbocycles. The molecule has 3 aromatic rings. The van der Waals surface area contributed by atoms with Gasteiger partial charge in [0.05, 0.1) is 5.69 Å². The van der Waals surface area contributed by atoms with Crippen LogP contribution >= 0.6 is 11.6 Å². The second kappa shape index (κ2) is 7.66. The Kier molecular flexibility index (Phi) is 5.09. The molecule has 2 aromatic heterocycles. The minimum absolute atomic E-state index is 0.709. The van der Waals surface area contributed by atoms with Crippen LogP contribution in [0.2, 0.25) is 5.02 Å². The maximum Gasteiger partial charge on any atom is 0.155 e. The van der Waals surface area contributed by atoms with Gasteiger partial charge in [-0.25, -0.2) is 4.98 Å². The topological polar surface area (TPSA) is 50.1 Å². The van der Waals surface area contributed by atoms with Crippen molar-refractivity contribution in [2.24, 2.45) is 7.05 Å². The second-order valence-corrected chi connectivity index (χ2v) is 7.35. The van der Waals surface area contributed by atoms with Gasteiger partial charge in [0.2, 0.25) is 0 Å². The van der Waals surface area contributed by atoms with Crippen LogP contribution in [0.4, 0.5) is 5.82 Å². The largest absolute Gasteiger partial charge is 0.352 e. The highest BCUT2D eigenvalue weighted by atomic mass is 35.5. The molecule has 27 heavy (non-hydrogen) atoms. The fraction of sp³-hybridized carbons (Fsp3) is 0.350. The lowest BCUT2D eigenvalue weighted by molar-refractivity contribution is 0.249. The first kappa shape index (κ1) is 17.9. The van der Waals surface area contributed by atoms with Gasteiger partial charge in [0.15, 0.2) is 5.82 Å². The van der Waals surface area contributed by atoms with Crippen LogP contribution < -0.4 is 4.90 Å². The van der Waals surface area contributed by atoms with Gasteiger partial charge in [-0.15, -0.1) is 0 Å². The Bertz CT molecular complexity index is 930. The zero-order valence-electron chi connectivity index (χ0n) is 15.6. The molecule has 0 amide bonds. The first-order valence-electron chi connectivity index (χ1n) is 9.13. The van der Waals surface area contributed by atoms with Gasteiger partial charge < -0.3 is 4.90 Å². The summed E-state index contributed by atoms with van der Waals surface area (Å²) in [7, 11) is 1.97. The molecule has 1 fully saturated rings. The molecule has 0 aliphatic carbocycles. The molecule has 1 aliphatic rings. The molecule has 0 radical (unpaired) electrons. The second-order valence-electron chi connectivity index (χ2n) is 6.92. The van der Waals surface area contributed by atoms with Gasteiger partial charge in [0.25, 0.3) is 0 Å². The monoisotopic (exact) mass is 382 g/mol. The van der Waals surface area contributed by atoms with E-state index in [4.69, 9.17) is 11.6 Å². The minimum atomic E-state index is 0.709. The number of anilines is 1. The predicted octanol–water partition coefficient (Wildman–Crippen LogP) is 3.16. The van der Waals surface area contributed by atoms with Crippen molar-refractivity contribution >= 4 is 17.4 Å². The van der Waals surface area contributed by atoms with Crippen molar-refractivity contribution in [3.05, 3.63) is 59.1 Å². The zero-order chi connectivity index (χ0) is 18.8. The van der Waals surface area contributed by atoms with Crippen molar-refractivity contribution in [2.45, 2.75) is 13.5 Å². The summed E-state index contributed by atoms with van der Waals surface area (Å²) in [5.41, 5.74) is 4.29. The first-order chi connectivity index (χ1) is 13.1. The number of rotatable bonds is 4. The van der Waals surface area contributed by atoms with E-state index in [1.165, 1.54) is 5.56 Å². The molecule has 4 rings (SSSR count). The van der Waals surface area contributed by atoms with Crippen LogP contribution in [0.5, 0.6) is 0 Å².